The molecule has 1 heterocycles. The first-order chi connectivity index (χ1) is 18.1. The molecule has 5 rings (SSSR count). The van der Waals surface area contributed by atoms with Crippen LogP contribution in [0.4, 0.5) is 4.39 Å². The number of carbonyl (C=O) groups excluding carboxylic acids is 1. The van der Waals surface area contributed by atoms with E-state index in [0.717, 1.165) is 42.0 Å². The van der Waals surface area contributed by atoms with Crippen molar-refractivity contribution in [2.75, 3.05) is 7.11 Å². The largest absolute Gasteiger partial charge is 0.493 e. The fourth-order valence-electron chi connectivity index (χ4n) is 5.44. The number of amides is 1. The van der Waals surface area contributed by atoms with E-state index < -0.39 is 0 Å². The molecule has 1 aliphatic heterocycles. The summed E-state index contributed by atoms with van der Waals surface area (Å²) in [6, 6.07) is 12.6. The van der Waals surface area contributed by atoms with Gasteiger partial charge in [-0.2, -0.15) is 0 Å². The minimum Gasteiger partial charge on any atom is -0.493 e. The van der Waals surface area contributed by atoms with Gasteiger partial charge in [-0.3, -0.25) is 14.7 Å². The number of hydrogen-bond acceptors (Lipinski definition) is 5. The van der Waals surface area contributed by atoms with Gasteiger partial charge in [-0.1, -0.05) is 56.7 Å². The Morgan fingerprint density at radius 2 is 1.76 bits per heavy atom. The van der Waals surface area contributed by atoms with Gasteiger partial charge in [0, 0.05) is 6.04 Å². The van der Waals surface area contributed by atoms with Gasteiger partial charge in [0.05, 0.1) is 18.1 Å². The maximum absolute atomic E-state index is 13.6. The lowest BCUT2D eigenvalue weighted by atomic mass is 9.94. The Labute approximate surface area is 223 Å². The second-order valence-electron chi connectivity index (χ2n) is 10.1. The first-order valence-electron chi connectivity index (χ1n) is 13.5. The summed E-state index contributed by atoms with van der Waals surface area (Å²) in [5.41, 5.74) is 1.61. The highest BCUT2D eigenvalue weighted by Crippen LogP contribution is 2.39. The highest BCUT2D eigenvalue weighted by Gasteiger charge is 2.39. The fourth-order valence-corrected chi connectivity index (χ4v) is 6.55. The number of halogens is 1. The van der Waals surface area contributed by atoms with E-state index in [1.165, 1.54) is 62.4 Å². The van der Waals surface area contributed by atoms with Crippen LogP contribution in [-0.2, 0) is 11.4 Å². The minimum absolute atomic E-state index is 0.0665. The number of carbonyl (C=O) groups is 1. The van der Waals surface area contributed by atoms with Gasteiger partial charge in [0.1, 0.15) is 12.4 Å². The molecule has 3 aliphatic rings. The van der Waals surface area contributed by atoms with E-state index in [2.05, 4.69) is 0 Å². The number of methoxy groups -OCH3 is 1. The smallest absolute Gasteiger partial charge is 0.266 e. The minimum atomic E-state index is -0.289. The summed E-state index contributed by atoms with van der Waals surface area (Å²) in [6.07, 6.45) is 13.6. The molecule has 196 valence electrons. The highest BCUT2D eigenvalue weighted by atomic mass is 32.2. The van der Waals surface area contributed by atoms with E-state index in [1.807, 2.05) is 35.2 Å². The zero-order chi connectivity index (χ0) is 25.6. The molecular formula is C30H35FN2O3S. The van der Waals surface area contributed by atoms with E-state index in [0.29, 0.717) is 22.4 Å². The Morgan fingerprint density at radius 3 is 2.49 bits per heavy atom. The first-order valence-corrected chi connectivity index (χ1v) is 14.3. The second kappa shape index (κ2) is 12.2. The van der Waals surface area contributed by atoms with Crippen LogP contribution in [0.1, 0.15) is 75.3 Å². The van der Waals surface area contributed by atoms with Gasteiger partial charge < -0.3 is 9.47 Å². The molecule has 0 N–H and O–H groups in total. The van der Waals surface area contributed by atoms with Crippen LogP contribution in [0.15, 0.2) is 52.4 Å². The number of rotatable bonds is 7. The Morgan fingerprint density at radius 1 is 1.00 bits per heavy atom. The summed E-state index contributed by atoms with van der Waals surface area (Å²) in [6.45, 7) is 0.236. The standard InChI is InChI=1S/C30H35FN2O3S/c1-35-27-18-21(15-16-26(27)36-20-22-9-8-10-23(31)17-22)19-28-29(34)33(25-13-6-3-7-14-25)30(37-28)32-24-11-4-2-5-12-24/h8-10,15-19,24-25H,2-7,11-14,20H2,1H3. The third kappa shape index (κ3) is 6.38. The van der Waals surface area contributed by atoms with Gasteiger partial charge in [0.2, 0.25) is 0 Å². The summed E-state index contributed by atoms with van der Waals surface area (Å²) >= 11 is 1.52. The average Bonchev–Trinajstić information content (AvgIpc) is 3.22. The molecule has 0 spiro atoms. The van der Waals surface area contributed by atoms with E-state index >= 15 is 0 Å². The second-order valence-corrected chi connectivity index (χ2v) is 11.1. The van der Waals surface area contributed by atoms with Crippen LogP contribution >= 0.6 is 11.8 Å². The molecule has 2 saturated carbocycles. The molecule has 3 fully saturated rings. The highest BCUT2D eigenvalue weighted by molar-refractivity contribution is 8.18. The quantitative estimate of drug-likeness (QED) is 0.357. The van der Waals surface area contributed by atoms with Crippen molar-refractivity contribution in [1.29, 1.82) is 0 Å². The maximum atomic E-state index is 13.6. The van der Waals surface area contributed by atoms with Crippen molar-refractivity contribution in [1.82, 2.24) is 4.90 Å². The molecule has 37 heavy (non-hydrogen) atoms. The van der Waals surface area contributed by atoms with E-state index in [9.17, 15) is 9.18 Å². The van der Waals surface area contributed by atoms with Gasteiger partial charge in [-0.05, 0) is 78.9 Å². The van der Waals surface area contributed by atoms with Crippen LogP contribution in [0, 0.1) is 5.82 Å². The molecule has 5 nitrogen and oxygen atoms in total. The Kier molecular flexibility index (Phi) is 8.49. The Hall–Kier alpha value is -2.80. The summed E-state index contributed by atoms with van der Waals surface area (Å²) in [5, 5.41) is 0.886. The predicted octanol–water partition coefficient (Wildman–Crippen LogP) is 7.35. The molecule has 2 aromatic carbocycles. The summed E-state index contributed by atoms with van der Waals surface area (Å²) in [4.78, 5) is 21.5. The Bertz CT molecular complexity index is 1170. The zero-order valence-corrected chi connectivity index (χ0v) is 22.3. The number of ether oxygens (including phenoxy) is 2. The van der Waals surface area contributed by atoms with Gasteiger partial charge >= 0.3 is 0 Å². The first kappa shape index (κ1) is 25.8. The molecule has 2 aromatic rings. The Balaban J connectivity index is 1.36. The molecule has 0 bridgehead atoms. The van der Waals surface area contributed by atoms with Crippen molar-refractivity contribution >= 4 is 28.9 Å². The summed E-state index contributed by atoms with van der Waals surface area (Å²) in [5.74, 6) is 0.920. The average molecular weight is 523 g/mol. The van der Waals surface area contributed by atoms with Crippen LogP contribution in [0.5, 0.6) is 11.5 Å². The van der Waals surface area contributed by atoms with Crippen LogP contribution < -0.4 is 9.47 Å². The van der Waals surface area contributed by atoms with E-state index in [-0.39, 0.29) is 24.4 Å². The van der Waals surface area contributed by atoms with Gasteiger partial charge in [0.25, 0.3) is 5.91 Å². The lowest BCUT2D eigenvalue weighted by Gasteiger charge is -2.31. The van der Waals surface area contributed by atoms with Crippen LogP contribution in [0.3, 0.4) is 0 Å². The topological polar surface area (TPSA) is 51.1 Å². The van der Waals surface area contributed by atoms with Crippen LogP contribution in [0.25, 0.3) is 6.08 Å². The van der Waals surface area contributed by atoms with Crippen molar-refractivity contribution in [2.24, 2.45) is 4.99 Å². The van der Waals surface area contributed by atoms with E-state index in [4.69, 9.17) is 14.5 Å². The number of benzene rings is 2. The molecule has 2 aliphatic carbocycles. The van der Waals surface area contributed by atoms with Gasteiger partial charge in [-0.15, -0.1) is 0 Å². The number of thioether (sulfide) groups is 1. The summed E-state index contributed by atoms with van der Waals surface area (Å²) in [7, 11) is 1.59. The normalized spacial score (nSPS) is 21.7. The molecule has 0 radical (unpaired) electrons. The van der Waals surface area contributed by atoms with Crippen LogP contribution in [-0.4, -0.2) is 35.2 Å². The molecular weight excluding hydrogens is 487 g/mol. The molecule has 0 unspecified atom stereocenters. The van der Waals surface area contributed by atoms with E-state index in [1.54, 1.807) is 13.2 Å². The van der Waals surface area contributed by atoms with Gasteiger partial charge in [-0.25, -0.2) is 4.39 Å². The third-order valence-electron chi connectivity index (χ3n) is 7.41. The molecule has 7 heteroatoms. The van der Waals surface area contributed by atoms with Crippen molar-refractivity contribution in [2.45, 2.75) is 82.9 Å². The molecule has 1 amide bonds. The lowest BCUT2D eigenvalue weighted by Crippen LogP contribution is -2.41. The maximum Gasteiger partial charge on any atom is 0.266 e. The van der Waals surface area contributed by atoms with Crippen molar-refractivity contribution < 1.29 is 18.7 Å². The number of hydrogen-bond donors (Lipinski definition) is 0. The summed E-state index contributed by atoms with van der Waals surface area (Å²) < 4.78 is 25.0. The van der Waals surface area contributed by atoms with Crippen molar-refractivity contribution in [3.63, 3.8) is 0 Å². The predicted molar refractivity (Wildman–Crippen MR) is 147 cm³/mol. The SMILES string of the molecule is COc1cc(C=C2SC(=NC3CCCCC3)N(C3CCCCC3)C2=O)ccc1OCc1cccc(F)c1. The number of aliphatic imine (C=N–C) groups is 1. The number of nitrogens with zero attached hydrogens (tertiary/aromatic N) is 2. The molecule has 0 atom stereocenters. The van der Waals surface area contributed by atoms with Gasteiger partial charge in [0.15, 0.2) is 16.7 Å². The molecule has 1 saturated heterocycles. The van der Waals surface area contributed by atoms with Crippen molar-refractivity contribution in [3.05, 3.63) is 64.3 Å². The molecule has 0 aromatic heterocycles. The number of amidine groups is 1. The lowest BCUT2D eigenvalue weighted by molar-refractivity contribution is -0.124. The monoisotopic (exact) mass is 522 g/mol. The van der Waals surface area contributed by atoms with Crippen LogP contribution in [0.2, 0.25) is 0 Å². The van der Waals surface area contributed by atoms with Crippen molar-refractivity contribution in [3.8, 4) is 11.5 Å². The third-order valence-corrected chi connectivity index (χ3v) is 8.41. The zero-order valence-electron chi connectivity index (χ0n) is 21.5. The fraction of sp³-hybridized carbons (Fsp3) is 0.467.